The maximum absolute atomic E-state index is 5.89. The number of anilines is 1. The normalized spacial score (nSPS) is 27.6. The van der Waals surface area contributed by atoms with Crippen LogP contribution in [0.2, 0.25) is 0 Å². The molecule has 0 spiro atoms. The van der Waals surface area contributed by atoms with E-state index in [9.17, 15) is 0 Å². The average Bonchev–Trinajstić information content (AvgIpc) is 2.29. The second-order valence-corrected chi connectivity index (χ2v) is 4.96. The lowest BCUT2D eigenvalue weighted by Crippen LogP contribution is -2.58. The first-order valence-electron chi connectivity index (χ1n) is 6.34. The van der Waals surface area contributed by atoms with Gasteiger partial charge in [-0.05, 0) is 38.8 Å². The molecule has 3 N–H and O–H groups in total. The Hall–Kier alpha value is -1.06. The Bertz CT molecular complexity index is 355. The summed E-state index contributed by atoms with van der Waals surface area (Å²) in [4.78, 5) is 0. The Morgan fingerprint density at radius 2 is 2.00 bits per heavy atom. The van der Waals surface area contributed by atoms with E-state index in [1.165, 1.54) is 5.56 Å². The molecule has 0 amide bonds. The van der Waals surface area contributed by atoms with Gasteiger partial charge in [0.25, 0.3) is 0 Å². The van der Waals surface area contributed by atoms with Crippen molar-refractivity contribution in [3.63, 3.8) is 0 Å². The average molecular weight is 234 g/mol. The number of nitrogens with two attached hydrogens (primary N) is 1. The molecule has 1 aromatic rings. The van der Waals surface area contributed by atoms with Crippen molar-refractivity contribution in [3.05, 3.63) is 29.8 Å². The highest BCUT2D eigenvalue weighted by Crippen LogP contribution is 2.36. The summed E-state index contributed by atoms with van der Waals surface area (Å²) < 4.78 is 5.60. The summed E-state index contributed by atoms with van der Waals surface area (Å²) in [6.45, 7) is 5.58. The van der Waals surface area contributed by atoms with Crippen LogP contribution in [-0.4, -0.2) is 24.8 Å². The second-order valence-electron chi connectivity index (χ2n) is 4.96. The summed E-state index contributed by atoms with van der Waals surface area (Å²) in [6, 6.07) is 8.46. The molecule has 0 aromatic heterocycles. The van der Waals surface area contributed by atoms with Gasteiger partial charge in [0.1, 0.15) is 0 Å². The summed E-state index contributed by atoms with van der Waals surface area (Å²) >= 11 is 0. The van der Waals surface area contributed by atoms with Crippen LogP contribution in [0.15, 0.2) is 24.3 Å². The smallest absolute Gasteiger partial charge is 0.0620 e. The topological polar surface area (TPSA) is 47.3 Å². The molecule has 0 atom stereocenters. The van der Waals surface area contributed by atoms with E-state index in [0.29, 0.717) is 12.6 Å². The van der Waals surface area contributed by atoms with E-state index >= 15 is 0 Å². The number of nitrogens with one attached hydrogen (secondary N) is 1. The van der Waals surface area contributed by atoms with Gasteiger partial charge in [-0.3, -0.25) is 0 Å². The van der Waals surface area contributed by atoms with Crippen LogP contribution in [0.25, 0.3) is 0 Å². The lowest BCUT2D eigenvalue weighted by molar-refractivity contribution is -0.0271. The maximum atomic E-state index is 5.89. The fourth-order valence-corrected chi connectivity index (χ4v) is 2.43. The first kappa shape index (κ1) is 12.4. The van der Waals surface area contributed by atoms with Crippen LogP contribution in [0.5, 0.6) is 0 Å². The van der Waals surface area contributed by atoms with Gasteiger partial charge in [0.05, 0.1) is 11.6 Å². The number of ether oxygens (including phenoxy) is 1. The van der Waals surface area contributed by atoms with Crippen molar-refractivity contribution < 1.29 is 4.74 Å². The minimum Gasteiger partial charge on any atom is -0.378 e. The summed E-state index contributed by atoms with van der Waals surface area (Å²) in [7, 11) is 0. The van der Waals surface area contributed by atoms with Crippen molar-refractivity contribution in [1.82, 2.24) is 0 Å². The Morgan fingerprint density at radius 1 is 1.35 bits per heavy atom. The van der Waals surface area contributed by atoms with Crippen LogP contribution in [0.4, 0.5) is 5.69 Å². The number of aryl methyl sites for hydroxylation is 1. The first-order chi connectivity index (χ1) is 8.17. The quantitative estimate of drug-likeness (QED) is 0.822. The molecule has 0 saturated heterocycles. The van der Waals surface area contributed by atoms with Crippen molar-refractivity contribution in [3.8, 4) is 0 Å². The van der Waals surface area contributed by atoms with Gasteiger partial charge in [0.15, 0.2) is 0 Å². The highest BCUT2D eigenvalue weighted by molar-refractivity contribution is 5.48. The van der Waals surface area contributed by atoms with Crippen LogP contribution < -0.4 is 11.1 Å². The molecule has 0 heterocycles. The third-order valence-corrected chi connectivity index (χ3v) is 3.49. The molecule has 3 heteroatoms. The van der Waals surface area contributed by atoms with Gasteiger partial charge < -0.3 is 15.8 Å². The number of hydrogen-bond acceptors (Lipinski definition) is 3. The van der Waals surface area contributed by atoms with Crippen LogP contribution in [0.3, 0.4) is 0 Å². The van der Waals surface area contributed by atoms with Gasteiger partial charge in [-0.1, -0.05) is 17.7 Å². The molecule has 0 aliphatic heterocycles. The summed E-state index contributed by atoms with van der Waals surface area (Å²) in [5.41, 5.74) is 8.35. The van der Waals surface area contributed by atoms with Crippen LogP contribution in [0.1, 0.15) is 25.3 Å². The third-order valence-electron chi connectivity index (χ3n) is 3.49. The Balaban J connectivity index is 1.95. The Kier molecular flexibility index (Phi) is 3.69. The van der Waals surface area contributed by atoms with E-state index in [1.54, 1.807) is 0 Å². The summed E-state index contributed by atoms with van der Waals surface area (Å²) in [5.74, 6) is 0. The second kappa shape index (κ2) is 5.07. The van der Waals surface area contributed by atoms with Gasteiger partial charge >= 0.3 is 0 Å². The van der Waals surface area contributed by atoms with Gasteiger partial charge in [-0.15, -0.1) is 0 Å². The van der Waals surface area contributed by atoms with E-state index in [-0.39, 0.29) is 5.54 Å². The fourth-order valence-electron chi connectivity index (χ4n) is 2.43. The molecule has 1 aliphatic carbocycles. The molecule has 0 radical (unpaired) electrons. The van der Waals surface area contributed by atoms with Gasteiger partial charge in [-0.2, -0.15) is 0 Å². The molecule has 0 unspecified atom stereocenters. The molecular formula is C14H22N2O. The predicted molar refractivity (Wildman–Crippen MR) is 71.2 cm³/mol. The molecule has 0 bridgehead atoms. The van der Waals surface area contributed by atoms with Crippen molar-refractivity contribution in [2.45, 2.75) is 38.3 Å². The largest absolute Gasteiger partial charge is 0.378 e. The SMILES string of the molecule is CCOC1CC(CN)(Nc2ccc(C)cc2)C1. The molecule has 94 valence electrons. The van der Waals surface area contributed by atoms with Crippen molar-refractivity contribution in [1.29, 1.82) is 0 Å². The maximum Gasteiger partial charge on any atom is 0.0620 e. The molecule has 1 fully saturated rings. The van der Waals surface area contributed by atoms with E-state index in [4.69, 9.17) is 10.5 Å². The van der Waals surface area contributed by atoms with Crippen LogP contribution in [-0.2, 0) is 4.74 Å². The van der Waals surface area contributed by atoms with Gasteiger partial charge in [-0.25, -0.2) is 0 Å². The fraction of sp³-hybridized carbons (Fsp3) is 0.571. The Labute approximate surface area is 103 Å². The van der Waals surface area contributed by atoms with Crippen molar-refractivity contribution in [2.75, 3.05) is 18.5 Å². The predicted octanol–water partition coefficient (Wildman–Crippen LogP) is 2.30. The summed E-state index contributed by atoms with van der Waals surface area (Å²) in [5, 5.41) is 3.55. The number of hydrogen-bond donors (Lipinski definition) is 2. The number of rotatable bonds is 5. The lowest BCUT2D eigenvalue weighted by Gasteiger charge is -2.47. The zero-order valence-corrected chi connectivity index (χ0v) is 10.7. The summed E-state index contributed by atoms with van der Waals surface area (Å²) in [6.07, 6.45) is 2.39. The Morgan fingerprint density at radius 3 is 2.53 bits per heavy atom. The highest BCUT2D eigenvalue weighted by atomic mass is 16.5. The van der Waals surface area contributed by atoms with Crippen LogP contribution in [0, 0.1) is 6.92 Å². The molecular weight excluding hydrogens is 212 g/mol. The first-order valence-corrected chi connectivity index (χ1v) is 6.34. The van der Waals surface area contributed by atoms with E-state index < -0.39 is 0 Å². The minimum absolute atomic E-state index is 0.0368. The molecule has 17 heavy (non-hydrogen) atoms. The molecule has 1 saturated carbocycles. The molecule has 2 rings (SSSR count). The van der Waals surface area contributed by atoms with Crippen LogP contribution >= 0.6 is 0 Å². The molecule has 3 nitrogen and oxygen atoms in total. The monoisotopic (exact) mass is 234 g/mol. The number of benzene rings is 1. The van der Waals surface area contributed by atoms with Crippen molar-refractivity contribution >= 4 is 5.69 Å². The zero-order valence-electron chi connectivity index (χ0n) is 10.7. The molecule has 1 aromatic carbocycles. The van der Waals surface area contributed by atoms with Crippen molar-refractivity contribution in [2.24, 2.45) is 5.73 Å². The minimum atomic E-state index is 0.0368. The zero-order chi connectivity index (χ0) is 12.3. The van der Waals surface area contributed by atoms with E-state index in [2.05, 4.69) is 36.5 Å². The van der Waals surface area contributed by atoms with Gasteiger partial charge in [0, 0.05) is 18.8 Å². The third kappa shape index (κ3) is 2.79. The molecule has 1 aliphatic rings. The van der Waals surface area contributed by atoms with E-state index in [1.807, 2.05) is 6.92 Å². The standard InChI is InChI=1S/C14H22N2O/c1-3-17-13-8-14(9-13,10-15)16-12-6-4-11(2)5-7-12/h4-7,13,16H,3,8-10,15H2,1-2H3. The lowest BCUT2D eigenvalue weighted by atomic mass is 9.74. The highest BCUT2D eigenvalue weighted by Gasteiger charge is 2.43. The van der Waals surface area contributed by atoms with E-state index in [0.717, 1.165) is 25.1 Å². The van der Waals surface area contributed by atoms with Gasteiger partial charge in [0.2, 0.25) is 0 Å².